The fraction of sp³-hybridized carbons (Fsp3) is 0.250. The van der Waals surface area contributed by atoms with E-state index in [1.807, 2.05) is 29.2 Å². The average molecular weight is 445 g/mol. The van der Waals surface area contributed by atoms with Crippen LogP contribution in [-0.2, 0) is 6.54 Å². The Labute approximate surface area is 170 Å². The molecule has 0 radical (unpaired) electrons. The van der Waals surface area contributed by atoms with Gasteiger partial charge in [0.1, 0.15) is 5.82 Å². The minimum absolute atomic E-state index is 0.0466. The number of carbonyl (C=O) groups excluding carboxylic acids is 1. The smallest absolute Gasteiger partial charge is 0.257 e. The van der Waals surface area contributed by atoms with E-state index in [4.69, 9.17) is 4.52 Å². The minimum atomic E-state index is -0.306. The summed E-state index contributed by atoms with van der Waals surface area (Å²) in [6, 6.07) is 13.3. The summed E-state index contributed by atoms with van der Waals surface area (Å²) in [5, 5.41) is 4.01. The van der Waals surface area contributed by atoms with Crippen molar-refractivity contribution in [2.45, 2.75) is 6.54 Å². The predicted molar refractivity (Wildman–Crippen MR) is 105 cm³/mol. The average Bonchev–Trinajstić information content (AvgIpc) is 3.18. The van der Waals surface area contributed by atoms with E-state index in [9.17, 15) is 9.18 Å². The van der Waals surface area contributed by atoms with E-state index in [0.29, 0.717) is 42.5 Å². The Morgan fingerprint density at radius 3 is 2.39 bits per heavy atom. The molecule has 3 aromatic rings. The van der Waals surface area contributed by atoms with Gasteiger partial charge in [-0.05, 0) is 48.5 Å². The number of carbonyl (C=O) groups is 1. The Bertz CT molecular complexity index is 951. The largest absolute Gasteiger partial charge is 0.336 e. The highest BCUT2D eigenvalue weighted by molar-refractivity contribution is 9.10. The highest BCUT2D eigenvalue weighted by atomic mass is 79.9. The van der Waals surface area contributed by atoms with Gasteiger partial charge >= 0.3 is 0 Å². The van der Waals surface area contributed by atoms with Crippen molar-refractivity contribution in [1.82, 2.24) is 19.9 Å². The summed E-state index contributed by atoms with van der Waals surface area (Å²) in [7, 11) is 0. The summed E-state index contributed by atoms with van der Waals surface area (Å²) in [6.45, 7) is 3.32. The van der Waals surface area contributed by atoms with Gasteiger partial charge < -0.3 is 9.42 Å². The molecule has 0 saturated carbocycles. The van der Waals surface area contributed by atoms with Crippen molar-refractivity contribution in [1.29, 1.82) is 0 Å². The standard InChI is InChI=1S/C20H18BrFN4O2/c21-16-5-1-15(2-6-16)20(27)26-11-9-25(10-12-26)13-18-23-19(28-24-18)14-3-7-17(22)8-4-14/h1-8H,9-13H2. The van der Waals surface area contributed by atoms with Gasteiger partial charge in [0.15, 0.2) is 5.82 Å². The number of benzene rings is 2. The van der Waals surface area contributed by atoms with Crippen molar-refractivity contribution in [2.24, 2.45) is 0 Å². The van der Waals surface area contributed by atoms with Crippen molar-refractivity contribution in [3.63, 3.8) is 0 Å². The van der Waals surface area contributed by atoms with Gasteiger partial charge in [0.2, 0.25) is 0 Å². The monoisotopic (exact) mass is 444 g/mol. The SMILES string of the molecule is O=C(c1ccc(Br)cc1)N1CCN(Cc2noc(-c3ccc(F)cc3)n2)CC1. The molecule has 8 heteroatoms. The molecule has 2 heterocycles. The zero-order chi connectivity index (χ0) is 19.5. The van der Waals surface area contributed by atoms with Crippen LogP contribution >= 0.6 is 15.9 Å². The van der Waals surface area contributed by atoms with Gasteiger partial charge in [-0.1, -0.05) is 21.1 Å². The van der Waals surface area contributed by atoms with Gasteiger partial charge in [0.05, 0.1) is 6.54 Å². The Morgan fingerprint density at radius 1 is 1.04 bits per heavy atom. The van der Waals surface area contributed by atoms with Crippen molar-refractivity contribution in [3.05, 3.63) is 70.2 Å². The second kappa shape index (κ2) is 8.20. The molecule has 0 spiro atoms. The van der Waals surface area contributed by atoms with Crippen LogP contribution in [0.1, 0.15) is 16.2 Å². The first kappa shape index (κ1) is 18.8. The van der Waals surface area contributed by atoms with E-state index >= 15 is 0 Å². The first-order valence-corrected chi connectivity index (χ1v) is 9.73. The molecule has 2 aromatic carbocycles. The lowest BCUT2D eigenvalue weighted by Crippen LogP contribution is -2.48. The van der Waals surface area contributed by atoms with Gasteiger partial charge in [-0.2, -0.15) is 4.98 Å². The third kappa shape index (κ3) is 4.28. The zero-order valence-corrected chi connectivity index (χ0v) is 16.6. The molecule has 0 atom stereocenters. The highest BCUT2D eigenvalue weighted by Crippen LogP contribution is 2.18. The number of aromatic nitrogens is 2. The Hall–Kier alpha value is -2.58. The lowest BCUT2D eigenvalue weighted by atomic mass is 10.2. The van der Waals surface area contributed by atoms with E-state index in [0.717, 1.165) is 17.6 Å². The third-order valence-electron chi connectivity index (χ3n) is 4.67. The Kier molecular flexibility index (Phi) is 5.50. The van der Waals surface area contributed by atoms with Crippen LogP contribution in [0.25, 0.3) is 11.5 Å². The molecule has 0 bridgehead atoms. The molecule has 0 N–H and O–H groups in total. The van der Waals surface area contributed by atoms with E-state index in [2.05, 4.69) is 31.0 Å². The van der Waals surface area contributed by atoms with Gasteiger partial charge in [0, 0.05) is 41.8 Å². The Balaban J connectivity index is 1.33. The van der Waals surface area contributed by atoms with Crippen LogP contribution in [0, 0.1) is 5.82 Å². The molecule has 6 nitrogen and oxygen atoms in total. The molecule has 1 aliphatic heterocycles. The van der Waals surface area contributed by atoms with Crippen molar-refractivity contribution < 1.29 is 13.7 Å². The van der Waals surface area contributed by atoms with Gasteiger partial charge in [0.25, 0.3) is 11.8 Å². The number of amides is 1. The molecule has 1 fully saturated rings. The maximum absolute atomic E-state index is 13.0. The van der Waals surface area contributed by atoms with Crippen LogP contribution in [0.5, 0.6) is 0 Å². The number of halogens is 2. The number of hydrogen-bond acceptors (Lipinski definition) is 5. The van der Waals surface area contributed by atoms with Crippen LogP contribution in [0.2, 0.25) is 0 Å². The molecular formula is C20H18BrFN4O2. The van der Waals surface area contributed by atoms with Crippen LogP contribution in [0.15, 0.2) is 57.5 Å². The van der Waals surface area contributed by atoms with Gasteiger partial charge in [-0.3, -0.25) is 9.69 Å². The molecule has 1 aromatic heterocycles. The normalized spacial score (nSPS) is 15.0. The third-order valence-corrected chi connectivity index (χ3v) is 5.20. The molecule has 1 amide bonds. The van der Waals surface area contributed by atoms with Crippen LogP contribution in [0.3, 0.4) is 0 Å². The molecule has 28 heavy (non-hydrogen) atoms. The van der Waals surface area contributed by atoms with E-state index in [1.54, 1.807) is 12.1 Å². The summed E-state index contributed by atoms with van der Waals surface area (Å²) >= 11 is 3.38. The summed E-state index contributed by atoms with van der Waals surface area (Å²) < 4.78 is 19.3. The van der Waals surface area contributed by atoms with Gasteiger partial charge in [-0.15, -0.1) is 0 Å². The lowest BCUT2D eigenvalue weighted by Gasteiger charge is -2.34. The summed E-state index contributed by atoms with van der Waals surface area (Å²) in [4.78, 5) is 21.0. The zero-order valence-electron chi connectivity index (χ0n) is 15.0. The van der Waals surface area contributed by atoms with Gasteiger partial charge in [-0.25, -0.2) is 4.39 Å². The number of nitrogens with zero attached hydrogens (tertiary/aromatic N) is 4. The summed E-state index contributed by atoms with van der Waals surface area (Å²) in [5.41, 5.74) is 1.38. The van der Waals surface area contributed by atoms with E-state index in [1.165, 1.54) is 12.1 Å². The van der Waals surface area contributed by atoms with E-state index < -0.39 is 0 Å². The van der Waals surface area contributed by atoms with Crippen LogP contribution in [-0.4, -0.2) is 52.0 Å². The summed E-state index contributed by atoms with van der Waals surface area (Å²) in [5.74, 6) is 0.690. The highest BCUT2D eigenvalue weighted by Gasteiger charge is 2.23. The Morgan fingerprint density at radius 2 is 1.71 bits per heavy atom. The minimum Gasteiger partial charge on any atom is -0.336 e. The van der Waals surface area contributed by atoms with Crippen molar-refractivity contribution >= 4 is 21.8 Å². The summed E-state index contributed by atoms with van der Waals surface area (Å²) in [6.07, 6.45) is 0. The molecule has 1 aliphatic rings. The maximum Gasteiger partial charge on any atom is 0.257 e. The molecule has 4 rings (SSSR count). The topological polar surface area (TPSA) is 62.5 Å². The lowest BCUT2D eigenvalue weighted by molar-refractivity contribution is 0.0624. The number of hydrogen-bond donors (Lipinski definition) is 0. The molecular weight excluding hydrogens is 427 g/mol. The number of rotatable bonds is 4. The van der Waals surface area contributed by atoms with Crippen LogP contribution < -0.4 is 0 Å². The first-order chi connectivity index (χ1) is 13.6. The fourth-order valence-corrected chi connectivity index (χ4v) is 3.38. The molecule has 0 aliphatic carbocycles. The number of piperazine rings is 1. The molecule has 144 valence electrons. The van der Waals surface area contributed by atoms with Crippen LogP contribution in [0.4, 0.5) is 4.39 Å². The predicted octanol–water partition coefficient (Wildman–Crippen LogP) is 3.60. The van der Waals surface area contributed by atoms with E-state index in [-0.39, 0.29) is 11.7 Å². The second-order valence-electron chi connectivity index (χ2n) is 6.60. The second-order valence-corrected chi connectivity index (χ2v) is 7.51. The van der Waals surface area contributed by atoms with Crippen molar-refractivity contribution in [3.8, 4) is 11.5 Å². The maximum atomic E-state index is 13.0. The first-order valence-electron chi connectivity index (χ1n) is 8.94. The quantitative estimate of drug-likeness (QED) is 0.615. The van der Waals surface area contributed by atoms with Crippen molar-refractivity contribution in [2.75, 3.05) is 26.2 Å². The molecule has 1 saturated heterocycles. The fourth-order valence-electron chi connectivity index (χ4n) is 3.11. The molecule has 0 unspecified atom stereocenters.